The van der Waals surface area contributed by atoms with Crippen LogP contribution in [0.25, 0.3) is 0 Å². The molecule has 0 radical (unpaired) electrons. The first-order chi connectivity index (χ1) is 8.15. The molecule has 1 aromatic rings. The highest BCUT2D eigenvalue weighted by Gasteiger charge is 2.16. The molecule has 94 valence electrons. The van der Waals surface area contributed by atoms with Crippen molar-refractivity contribution in [3.63, 3.8) is 0 Å². The molecule has 0 heterocycles. The lowest BCUT2D eigenvalue weighted by Gasteiger charge is -2.18. The summed E-state index contributed by atoms with van der Waals surface area (Å²) in [6.07, 6.45) is 0.782. The second kappa shape index (κ2) is 7.35. The third kappa shape index (κ3) is 4.79. The van der Waals surface area contributed by atoms with Gasteiger partial charge in [-0.2, -0.15) is 11.8 Å². The van der Waals surface area contributed by atoms with Crippen LogP contribution in [-0.4, -0.2) is 28.6 Å². The van der Waals surface area contributed by atoms with E-state index in [2.05, 4.69) is 6.92 Å². The fourth-order valence-corrected chi connectivity index (χ4v) is 2.74. The fourth-order valence-electron chi connectivity index (χ4n) is 1.58. The van der Waals surface area contributed by atoms with Gasteiger partial charge < -0.3 is 10.8 Å². The van der Waals surface area contributed by atoms with Crippen molar-refractivity contribution in [1.82, 2.24) is 0 Å². The number of aliphatic hydroxyl groups is 1. The first-order valence-corrected chi connectivity index (χ1v) is 6.81. The predicted octanol–water partition coefficient (Wildman–Crippen LogP) is 2.21. The summed E-state index contributed by atoms with van der Waals surface area (Å²) < 4.78 is 0. The Hall–Kier alpha value is -1.00. The van der Waals surface area contributed by atoms with Crippen LogP contribution in [0.4, 0.5) is 0 Å². The molecule has 0 amide bonds. The fraction of sp³-hybridized carbons (Fsp3) is 0.462. The maximum absolute atomic E-state index is 8.85. The SMILES string of the molecule is CC(CCO)SCC(C(=N)N)c1ccccc1. The van der Waals surface area contributed by atoms with Gasteiger partial charge in [0.1, 0.15) is 0 Å². The number of benzene rings is 1. The number of aliphatic hydroxyl groups excluding tert-OH is 1. The Morgan fingerprint density at radius 1 is 1.41 bits per heavy atom. The van der Waals surface area contributed by atoms with Crippen molar-refractivity contribution in [1.29, 1.82) is 5.41 Å². The van der Waals surface area contributed by atoms with E-state index in [-0.39, 0.29) is 18.4 Å². The maximum atomic E-state index is 8.85. The van der Waals surface area contributed by atoms with Gasteiger partial charge in [-0.15, -0.1) is 0 Å². The second-order valence-electron chi connectivity index (χ2n) is 4.07. The minimum atomic E-state index is -0.0256. The van der Waals surface area contributed by atoms with E-state index in [0.29, 0.717) is 5.25 Å². The lowest BCUT2D eigenvalue weighted by atomic mass is 10.0. The van der Waals surface area contributed by atoms with Crippen LogP contribution in [0.3, 0.4) is 0 Å². The topological polar surface area (TPSA) is 70.1 Å². The van der Waals surface area contributed by atoms with E-state index in [1.54, 1.807) is 11.8 Å². The summed E-state index contributed by atoms with van der Waals surface area (Å²) in [5.41, 5.74) is 6.74. The standard InChI is InChI=1S/C13H20N2OS/c1-10(7-8-16)17-9-12(13(14)15)11-5-3-2-4-6-11/h2-6,10,12,16H,7-9H2,1H3,(H3,14,15). The van der Waals surface area contributed by atoms with Crippen LogP contribution in [0.1, 0.15) is 24.8 Å². The molecule has 4 heteroatoms. The van der Waals surface area contributed by atoms with Crippen molar-refractivity contribution < 1.29 is 5.11 Å². The van der Waals surface area contributed by atoms with E-state index in [4.69, 9.17) is 16.2 Å². The van der Waals surface area contributed by atoms with Crippen LogP contribution < -0.4 is 5.73 Å². The highest BCUT2D eigenvalue weighted by Crippen LogP contribution is 2.24. The van der Waals surface area contributed by atoms with Crippen LogP contribution in [0.15, 0.2) is 30.3 Å². The Kier molecular flexibility index (Phi) is 6.08. The molecule has 0 spiro atoms. The van der Waals surface area contributed by atoms with Crippen molar-refractivity contribution in [2.45, 2.75) is 24.5 Å². The van der Waals surface area contributed by atoms with Gasteiger partial charge in [-0.1, -0.05) is 37.3 Å². The molecule has 0 aliphatic rings. The van der Waals surface area contributed by atoms with Gasteiger partial charge in [0, 0.05) is 23.5 Å². The summed E-state index contributed by atoms with van der Waals surface area (Å²) in [7, 11) is 0. The van der Waals surface area contributed by atoms with Crippen LogP contribution in [0.5, 0.6) is 0 Å². The molecular weight excluding hydrogens is 232 g/mol. The smallest absolute Gasteiger partial charge is 0.0990 e. The monoisotopic (exact) mass is 252 g/mol. The number of hydrogen-bond donors (Lipinski definition) is 3. The third-order valence-electron chi connectivity index (χ3n) is 2.66. The average Bonchev–Trinajstić information content (AvgIpc) is 2.30. The van der Waals surface area contributed by atoms with Gasteiger partial charge in [0.15, 0.2) is 0 Å². The molecule has 0 saturated carbocycles. The Bertz CT molecular complexity index is 343. The molecule has 2 unspecified atom stereocenters. The summed E-state index contributed by atoms with van der Waals surface area (Å²) in [5.74, 6) is 0.975. The van der Waals surface area contributed by atoms with Crippen molar-refractivity contribution in [3.8, 4) is 0 Å². The summed E-state index contributed by atoms with van der Waals surface area (Å²) in [5, 5.41) is 16.9. The van der Waals surface area contributed by atoms with Gasteiger partial charge in [-0.25, -0.2) is 0 Å². The molecule has 1 rings (SSSR count). The molecule has 17 heavy (non-hydrogen) atoms. The van der Waals surface area contributed by atoms with Crippen LogP contribution in [0.2, 0.25) is 0 Å². The molecule has 0 bridgehead atoms. The summed E-state index contributed by atoms with van der Waals surface area (Å²) in [6, 6.07) is 9.90. The minimum absolute atomic E-state index is 0.0256. The van der Waals surface area contributed by atoms with E-state index < -0.39 is 0 Å². The first kappa shape index (κ1) is 14.1. The summed E-state index contributed by atoms with van der Waals surface area (Å²) >= 11 is 1.75. The zero-order valence-electron chi connectivity index (χ0n) is 10.1. The second-order valence-corrected chi connectivity index (χ2v) is 5.55. The Labute approximate surface area is 107 Å². The number of amidine groups is 1. The number of thioether (sulfide) groups is 1. The zero-order chi connectivity index (χ0) is 12.7. The van der Waals surface area contributed by atoms with Crippen molar-refractivity contribution in [2.24, 2.45) is 5.73 Å². The Morgan fingerprint density at radius 3 is 2.59 bits per heavy atom. The molecule has 0 saturated heterocycles. The average molecular weight is 252 g/mol. The van der Waals surface area contributed by atoms with Gasteiger partial charge in [-0.05, 0) is 12.0 Å². The molecule has 0 aliphatic carbocycles. The molecule has 1 aromatic carbocycles. The van der Waals surface area contributed by atoms with E-state index in [0.717, 1.165) is 17.7 Å². The van der Waals surface area contributed by atoms with Crippen molar-refractivity contribution in [3.05, 3.63) is 35.9 Å². The zero-order valence-corrected chi connectivity index (χ0v) is 10.9. The molecule has 3 nitrogen and oxygen atoms in total. The molecule has 0 fully saturated rings. The number of hydrogen-bond acceptors (Lipinski definition) is 3. The number of nitrogens with two attached hydrogens (primary N) is 1. The number of rotatable bonds is 7. The molecule has 2 atom stereocenters. The highest BCUT2D eigenvalue weighted by molar-refractivity contribution is 7.99. The molecule has 0 aromatic heterocycles. The van der Waals surface area contributed by atoms with Crippen LogP contribution in [0, 0.1) is 5.41 Å². The van der Waals surface area contributed by atoms with E-state index in [1.165, 1.54) is 0 Å². The summed E-state index contributed by atoms with van der Waals surface area (Å²) in [4.78, 5) is 0. The molecule has 0 aliphatic heterocycles. The van der Waals surface area contributed by atoms with Crippen molar-refractivity contribution in [2.75, 3.05) is 12.4 Å². The molecular formula is C13H20N2OS. The maximum Gasteiger partial charge on any atom is 0.0990 e. The van der Waals surface area contributed by atoms with Crippen LogP contribution >= 0.6 is 11.8 Å². The Balaban J connectivity index is 2.59. The largest absolute Gasteiger partial charge is 0.396 e. The van der Waals surface area contributed by atoms with E-state index in [9.17, 15) is 0 Å². The Morgan fingerprint density at radius 2 is 2.06 bits per heavy atom. The predicted molar refractivity (Wildman–Crippen MR) is 74.7 cm³/mol. The lowest BCUT2D eigenvalue weighted by Crippen LogP contribution is -2.23. The van der Waals surface area contributed by atoms with Crippen molar-refractivity contribution >= 4 is 17.6 Å². The van der Waals surface area contributed by atoms with E-state index in [1.807, 2.05) is 30.3 Å². The van der Waals surface area contributed by atoms with Gasteiger partial charge in [0.05, 0.1) is 5.84 Å². The van der Waals surface area contributed by atoms with Gasteiger partial charge >= 0.3 is 0 Å². The van der Waals surface area contributed by atoms with Gasteiger partial charge in [0.25, 0.3) is 0 Å². The first-order valence-electron chi connectivity index (χ1n) is 5.76. The molecule has 4 N–H and O–H groups in total. The van der Waals surface area contributed by atoms with Crippen LogP contribution in [-0.2, 0) is 0 Å². The quantitative estimate of drug-likeness (QED) is 0.515. The van der Waals surface area contributed by atoms with E-state index >= 15 is 0 Å². The lowest BCUT2D eigenvalue weighted by molar-refractivity contribution is 0.289. The third-order valence-corrected chi connectivity index (χ3v) is 3.99. The normalized spacial score (nSPS) is 14.2. The highest BCUT2D eigenvalue weighted by atomic mass is 32.2. The van der Waals surface area contributed by atoms with Gasteiger partial charge in [0.2, 0.25) is 0 Å². The summed E-state index contributed by atoms with van der Waals surface area (Å²) in [6.45, 7) is 2.30. The minimum Gasteiger partial charge on any atom is -0.396 e. The van der Waals surface area contributed by atoms with Gasteiger partial charge in [-0.3, -0.25) is 5.41 Å². The number of nitrogens with one attached hydrogen (secondary N) is 1.